The maximum atomic E-state index is 12.1. The summed E-state index contributed by atoms with van der Waals surface area (Å²) in [7, 11) is 0. The number of aliphatic hydroxyl groups excluding tert-OH is 1. The van der Waals surface area contributed by atoms with E-state index in [1.807, 2.05) is 30.3 Å². The highest BCUT2D eigenvalue weighted by molar-refractivity contribution is 5.95. The number of benzene rings is 2. The average molecular weight is 363 g/mol. The maximum absolute atomic E-state index is 12.1. The summed E-state index contributed by atoms with van der Waals surface area (Å²) in [5, 5.41) is 24.4. The second-order valence-electron chi connectivity index (χ2n) is 5.98. The first-order chi connectivity index (χ1) is 13.2. The average Bonchev–Trinajstić information content (AvgIpc) is 2.71. The maximum Gasteiger partial charge on any atom is 0.251 e. The molecule has 3 aromatic rings. The number of pyridine rings is 1. The fourth-order valence-electron chi connectivity index (χ4n) is 2.73. The zero-order valence-corrected chi connectivity index (χ0v) is 14.7. The van der Waals surface area contributed by atoms with Gasteiger partial charge in [0.25, 0.3) is 5.91 Å². The van der Waals surface area contributed by atoms with E-state index in [9.17, 15) is 9.90 Å². The van der Waals surface area contributed by atoms with Crippen LogP contribution in [0.25, 0.3) is 11.1 Å². The number of nitrogens with zero attached hydrogens (tertiary/aromatic N) is 1. The summed E-state index contributed by atoms with van der Waals surface area (Å²) in [6, 6.07) is 18.1. The third-order valence-electron chi connectivity index (χ3n) is 4.01. The molecule has 2 aromatic carbocycles. The van der Waals surface area contributed by atoms with Crippen LogP contribution in [0.4, 0.5) is 5.82 Å². The number of phenolic OH excluding ortho intramolecular Hbond substituents is 1. The molecule has 0 atom stereocenters. The number of nitrogens with one attached hydrogen (secondary N) is 2. The van der Waals surface area contributed by atoms with E-state index >= 15 is 0 Å². The Labute approximate surface area is 157 Å². The number of carbonyl (C=O) groups is 1. The van der Waals surface area contributed by atoms with Crippen molar-refractivity contribution in [1.29, 1.82) is 0 Å². The van der Waals surface area contributed by atoms with Gasteiger partial charge in [-0.3, -0.25) is 4.79 Å². The summed E-state index contributed by atoms with van der Waals surface area (Å²) in [5.41, 5.74) is 3.18. The van der Waals surface area contributed by atoms with Gasteiger partial charge in [-0.1, -0.05) is 24.3 Å². The lowest BCUT2D eigenvalue weighted by Crippen LogP contribution is -2.26. The lowest BCUT2D eigenvalue weighted by molar-refractivity contribution is 0.0945. The van der Waals surface area contributed by atoms with Gasteiger partial charge in [-0.2, -0.15) is 0 Å². The third-order valence-corrected chi connectivity index (χ3v) is 4.01. The Hall–Kier alpha value is -3.38. The number of rotatable bonds is 7. The first kappa shape index (κ1) is 18.4. The van der Waals surface area contributed by atoms with Crippen molar-refractivity contribution in [3.8, 4) is 16.9 Å². The van der Waals surface area contributed by atoms with Crippen molar-refractivity contribution in [2.75, 3.05) is 18.5 Å². The van der Waals surface area contributed by atoms with E-state index in [1.54, 1.807) is 36.5 Å². The first-order valence-electron chi connectivity index (χ1n) is 8.63. The second kappa shape index (κ2) is 8.82. The highest BCUT2D eigenvalue weighted by atomic mass is 16.3. The van der Waals surface area contributed by atoms with Crippen molar-refractivity contribution >= 4 is 11.7 Å². The summed E-state index contributed by atoms with van der Waals surface area (Å²) in [6.07, 6.45) is 1.70. The van der Waals surface area contributed by atoms with Crippen LogP contribution in [0.15, 0.2) is 66.9 Å². The Bertz CT molecular complexity index is 928. The molecular weight excluding hydrogens is 342 g/mol. The predicted molar refractivity (Wildman–Crippen MR) is 105 cm³/mol. The van der Waals surface area contributed by atoms with Crippen LogP contribution in [-0.2, 0) is 6.54 Å². The number of anilines is 1. The van der Waals surface area contributed by atoms with Crippen LogP contribution >= 0.6 is 0 Å². The SMILES string of the molecule is O=C(NCCO)c1cccc(-c2cccnc2NCc2cccc(O)c2)c1. The van der Waals surface area contributed by atoms with Gasteiger partial charge in [-0.15, -0.1) is 0 Å². The van der Waals surface area contributed by atoms with E-state index in [-0.39, 0.29) is 24.8 Å². The fourth-order valence-corrected chi connectivity index (χ4v) is 2.73. The van der Waals surface area contributed by atoms with Gasteiger partial charge in [-0.05, 0) is 47.5 Å². The molecule has 3 rings (SSSR count). The van der Waals surface area contributed by atoms with Gasteiger partial charge in [0.15, 0.2) is 0 Å². The fraction of sp³-hybridized carbons (Fsp3) is 0.143. The summed E-state index contributed by atoms with van der Waals surface area (Å²) >= 11 is 0. The van der Waals surface area contributed by atoms with Crippen LogP contribution in [0.2, 0.25) is 0 Å². The molecule has 6 heteroatoms. The molecule has 0 aliphatic carbocycles. The molecule has 0 saturated heterocycles. The molecule has 6 nitrogen and oxygen atoms in total. The van der Waals surface area contributed by atoms with E-state index in [0.29, 0.717) is 17.9 Å². The number of aromatic hydroxyl groups is 1. The van der Waals surface area contributed by atoms with Crippen molar-refractivity contribution in [2.45, 2.75) is 6.54 Å². The molecule has 0 fully saturated rings. The molecule has 138 valence electrons. The molecule has 1 heterocycles. The minimum absolute atomic E-state index is 0.100. The quantitative estimate of drug-likeness (QED) is 0.518. The van der Waals surface area contributed by atoms with Gasteiger partial charge in [0.1, 0.15) is 11.6 Å². The van der Waals surface area contributed by atoms with Crippen molar-refractivity contribution in [2.24, 2.45) is 0 Å². The molecule has 1 aromatic heterocycles. The number of carbonyl (C=O) groups excluding carboxylic acids is 1. The van der Waals surface area contributed by atoms with E-state index in [1.165, 1.54) is 0 Å². The predicted octanol–water partition coefficient (Wildman–Crippen LogP) is 2.79. The van der Waals surface area contributed by atoms with Crippen LogP contribution < -0.4 is 10.6 Å². The van der Waals surface area contributed by atoms with E-state index < -0.39 is 0 Å². The van der Waals surface area contributed by atoms with Crippen molar-refractivity contribution in [1.82, 2.24) is 10.3 Å². The molecule has 4 N–H and O–H groups in total. The van der Waals surface area contributed by atoms with Gasteiger partial charge in [-0.25, -0.2) is 4.98 Å². The largest absolute Gasteiger partial charge is 0.508 e. The number of phenols is 1. The first-order valence-corrected chi connectivity index (χ1v) is 8.63. The molecular formula is C21H21N3O3. The Morgan fingerprint density at radius 2 is 1.89 bits per heavy atom. The third kappa shape index (κ3) is 4.83. The van der Waals surface area contributed by atoms with Gasteiger partial charge in [0, 0.05) is 30.4 Å². The summed E-state index contributed by atoms with van der Waals surface area (Å²) in [5.74, 6) is 0.676. The number of aliphatic hydroxyl groups is 1. The van der Waals surface area contributed by atoms with Crippen LogP contribution in [0, 0.1) is 0 Å². The number of hydrogen-bond acceptors (Lipinski definition) is 5. The highest BCUT2D eigenvalue weighted by Crippen LogP contribution is 2.27. The standard InChI is InChI=1S/C21H21N3O3/c25-11-10-23-21(27)17-6-2-5-16(13-17)19-8-3-9-22-20(19)24-14-15-4-1-7-18(26)12-15/h1-9,12-13,25-26H,10-11,14H2,(H,22,24)(H,23,27). The molecule has 0 saturated carbocycles. The van der Waals surface area contributed by atoms with Crippen molar-refractivity contribution in [3.63, 3.8) is 0 Å². The van der Waals surface area contributed by atoms with Crippen molar-refractivity contribution < 1.29 is 15.0 Å². The molecule has 0 spiro atoms. The molecule has 0 aliphatic rings. The Morgan fingerprint density at radius 1 is 1.04 bits per heavy atom. The Balaban J connectivity index is 1.82. The topological polar surface area (TPSA) is 94.5 Å². The Morgan fingerprint density at radius 3 is 2.70 bits per heavy atom. The van der Waals surface area contributed by atoms with Gasteiger partial charge in [0.2, 0.25) is 0 Å². The van der Waals surface area contributed by atoms with E-state index in [4.69, 9.17) is 5.11 Å². The zero-order chi connectivity index (χ0) is 19.1. The summed E-state index contributed by atoms with van der Waals surface area (Å²) < 4.78 is 0. The second-order valence-corrected chi connectivity index (χ2v) is 5.98. The highest BCUT2D eigenvalue weighted by Gasteiger charge is 2.10. The van der Waals surface area contributed by atoms with Crippen LogP contribution in [0.3, 0.4) is 0 Å². The summed E-state index contributed by atoms with van der Waals surface area (Å²) in [4.78, 5) is 16.5. The van der Waals surface area contributed by atoms with E-state index in [0.717, 1.165) is 16.7 Å². The lowest BCUT2D eigenvalue weighted by Gasteiger charge is -2.12. The summed E-state index contributed by atoms with van der Waals surface area (Å²) in [6.45, 7) is 0.624. The number of hydrogen-bond donors (Lipinski definition) is 4. The lowest BCUT2D eigenvalue weighted by atomic mass is 10.0. The van der Waals surface area contributed by atoms with Gasteiger partial charge in [0.05, 0.1) is 6.61 Å². The minimum Gasteiger partial charge on any atom is -0.508 e. The molecule has 0 unspecified atom stereocenters. The molecule has 0 radical (unpaired) electrons. The minimum atomic E-state index is -0.232. The van der Waals surface area contributed by atoms with E-state index in [2.05, 4.69) is 15.6 Å². The molecule has 0 aliphatic heterocycles. The van der Waals surface area contributed by atoms with Gasteiger partial charge < -0.3 is 20.8 Å². The number of aromatic nitrogens is 1. The zero-order valence-electron chi connectivity index (χ0n) is 14.7. The monoisotopic (exact) mass is 363 g/mol. The van der Waals surface area contributed by atoms with Gasteiger partial charge >= 0.3 is 0 Å². The number of amides is 1. The molecule has 0 bridgehead atoms. The molecule has 27 heavy (non-hydrogen) atoms. The Kier molecular flexibility index (Phi) is 6.02. The molecule has 1 amide bonds. The van der Waals surface area contributed by atoms with Crippen LogP contribution in [-0.4, -0.2) is 34.3 Å². The van der Waals surface area contributed by atoms with Crippen LogP contribution in [0.5, 0.6) is 5.75 Å². The normalized spacial score (nSPS) is 10.4. The van der Waals surface area contributed by atoms with Crippen LogP contribution in [0.1, 0.15) is 15.9 Å². The van der Waals surface area contributed by atoms with Crippen molar-refractivity contribution in [3.05, 3.63) is 78.0 Å². The smallest absolute Gasteiger partial charge is 0.251 e.